The molecule has 0 aromatic carbocycles. The Morgan fingerprint density at radius 2 is 2.46 bits per heavy atom. The Labute approximate surface area is 83.3 Å². The maximum absolute atomic E-state index is 11.6. The smallest absolute Gasteiger partial charge is 0.251 e. The van der Waals surface area contributed by atoms with Gasteiger partial charge in [0, 0.05) is 0 Å². The molecule has 0 aromatic rings. The largest absolute Gasteiger partial charge is 0.348 e. The molecule has 1 amide bonds. The Balaban J connectivity index is 2.14. The van der Waals surface area contributed by atoms with Crippen LogP contribution < -0.4 is 10.6 Å². The molecular formula is C9H14N2OS. The van der Waals surface area contributed by atoms with E-state index >= 15 is 0 Å². The van der Waals surface area contributed by atoms with Crippen molar-refractivity contribution in [1.82, 2.24) is 10.6 Å². The van der Waals surface area contributed by atoms with Gasteiger partial charge in [0.1, 0.15) is 5.54 Å². The van der Waals surface area contributed by atoms with Crippen LogP contribution in [0.15, 0.2) is 0 Å². The third-order valence-electron chi connectivity index (χ3n) is 3.21. The topological polar surface area (TPSA) is 41.1 Å². The molecule has 72 valence electrons. The van der Waals surface area contributed by atoms with Crippen molar-refractivity contribution in [2.24, 2.45) is 5.92 Å². The van der Waals surface area contributed by atoms with Crippen LogP contribution in [0.4, 0.5) is 0 Å². The molecule has 1 aliphatic heterocycles. The Morgan fingerprint density at radius 3 is 2.92 bits per heavy atom. The quantitative estimate of drug-likeness (QED) is 0.616. The maximum Gasteiger partial charge on any atom is 0.251 e. The fourth-order valence-electron chi connectivity index (χ4n) is 2.34. The molecular weight excluding hydrogens is 184 g/mol. The second kappa shape index (κ2) is 2.94. The first-order chi connectivity index (χ1) is 6.16. The minimum atomic E-state index is -0.349. The van der Waals surface area contributed by atoms with Crippen LogP contribution in [0.1, 0.15) is 32.6 Å². The van der Waals surface area contributed by atoms with E-state index < -0.39 is 0 Å². The highest BCUT2D eigenvalue weighted by Crippen LogP contribution is 2.37. The van der Waals surface area contributed by atoms with Gasteiger partial charge in [-0.2, -0.15) is 0 Å². The lowest BCUT2D eigenvalue weighted by Gasteiger charge is -2.19. The molecule has 2 fully saturated rings. The molecule has 1 saturated carbocycles. The van der Waals surface area contributed by atoms with E-state index in [9.17, 15) is 4.79 Å². The molecule has 2 unspecified atom stereocenters. The zero-order chi connectivity index (χ0) is 9.47. The normalized spacial score (nSPS) is 38.1. The number of hydrogen-bond acceptors (Lipinski definition) is 2. The summed E-state index contributed by atoms with van der Waals surface area (Å²) in [5, 5.41) is 6.29. The van der Waals surface area contributed by atoms with E-state index in [0.29, 0.717) is 11.0 Å². The molecule has 1 saturated heterocycles. The van der Waals surface area contributed by atoms with Gasteiger partial charge >= 0.3 is 0 Å². The Bertz CT molecular complexity index is 266. The molecule has 2 N–H and O–H groups in total. The van der Waals surface area contributed by atoms with Gasteiger partial charge in [0.05, 0.1) is 0 Å². The molecule has 1 spiro atoms. The second-order valence-electron chi connectivity index (χ2n) is 4.01. The van der Waals surface area contributed by atoms with Crippen molar-refractivity contribution in [2.75, 3.05) is 0 Å². The van der Waals surface area contributed by atoms with Crippen LogP contribution in [-0.2, 0) is 4.79 Å². The van der Waals surface area contributed by atoms with Gasteiger partial charge in [-0.3, -0.25) is 4.79 Å². The lowest BCUT2D eigenvalue weighted by atomic mass is 9.95. The molecule has 0 radical (unpaired) electrons. The summed E-state index contributed by atoms with van der Waals surface area (Å²) in [7, 11) is 0. The average molecular weight is 198 g/mol. The number of amides is 1. The Hall–Kier alpha value is -0.640. The van der Waals surface area contributed by atoms with Crippen molar-refractivity contribution in [3.05, 3.63) is 0 Å². The first-order valence-electron chi connectivity index (χ1n) is 4.80. The van der Waals surface area contributed by atoms with Crippen molar-refractivity contribution in [3.63, 3.8) is 0 Å². The fourth-order valence-corrected chi connectivity index (χ4v) is 2.63. The molecule has 0 aromatic heterocycles. The highest BCUT2D eigenvalue weighted by atomic mass is 32.1. The maximum atomic E-state index is 11.6. The summed E-state index contributed by atoms with van der Waals surface area (Å²) in [5.41, 5.74) is -0.349. The molecule has 13 heavy (non-hydrogen) atoms. The van der Waals surface area contributed by atoms with Crippen molar-refractivity contribution in [1.29, 1.82) is 0 Å². The van der Waals surface area contributed by atoms with Crippen molar-refractivity contribution < 1.29 is 4.79 Å². The highest BCUT2D eigenvalue weighted by Gasteiger charge is 2.49. The number of rotatable bonds is 1. The van der Waals surface area contributed by atoms with Crippen LogP contribution in [0.25, 0.3) is 0 Å². The van der Waals surface area contributed by atoms with Gasteiger partial charge in [0.2, 0.25) is 0 Å². The summed E-state index contributed by atoms with van der Waals surface area (Å²) in [6.45, 7) is 2.18. The van der Waals surface area contributed by atoms with Gasteiger partial charge in [-0.05, 0) is 37.4 Å². The second-order valence-corrected chi connectivity index (χ2v) is 4.42. The van der Waals surface area contributed by atoms with E-state index in [4.69, 9.17) is 12.2 Å². The first-order valence-corrected chi connectivity index (χ1v) is 5.21. The van der Waals surface area contributed by atoms with E-state index in [1.165, 1.54) is 0 Å². The van der Waals surface area contributed by atoms with E-state index in [2.05, 4.69) is 17.6 Å². The van der Waals surface area contributed by atoms with Gasteiger partial charge in [-0.1, -0.05) is 13.3 Å². The standard InChI is InChI=1S/C9H14N2OS/c1-2-6-3-4-9(5-6)7(12)10-8(13)11-9/h6H,2-5H2,1H3,(H2,10,11,12,13). The molecule has 2 atom stereocenters. The lowest BCUT2D eigenvalue weighted by molar-refractivity contribution is -0.123. The minimum absolute atomic E-state index is 0.0773. The summed E-state index contributed by atoms with van der Waals surface area (Å²) < 4.78 is 0. The Morgan fingerprint density at radius 1 is 1.69 bits per heavy atom. The number of thiocarbonyl (C=S) groups is 1. The third-order valence-corrected chi connectivity index (χ3v) is 3.41. The van der Waals surface area contributed by atoms with Crippen molar-refractivity contribution >= 4 is 23.2 Å². The summed E-state index contributed by atoms with van der Waals surface area (Å²) >= 11 is 4.94. The van der Waals surface area contributed by atoms with Crippen molar-refractivity contribution in [3.8, 4) is 0 Å². The first kappa shape index (κ1) is 8.94. The number of nitrogens with one attached hydrogen (secondary N) is 2. The van der Waals surface area contributed by atoms with Crippen LogP contribution in [-0.4, -0.2) is 16.6 Å². The summed E-state index contributed by atoms with van der Waals surface area (Å²) in [5.74, 6) is 0.757. The highest BCUT2D eigenvalue weighted by molar-refractivity contribution is 7.80. The molecule has 2 rings (SSSR count). The molecule has 2 aliphatic rings. The Kier molecular flexibility index (Phi) is 2.02. The SMILES string of the molecule is CCC1CCC2(C1)NC(=S)NC2=O. The average Bonchev–Trinajstić information content (AvgIpc) is 2.59. The zero-order valence-electron chi connectivity index (χ0n) is 7.72. The van der Waals surface area contributed by atoms with Crippen LogP contribution in [0.2, 0.25) is 0 Å². The number of hydrogen-bond donors (Lipinski definition) is 2. The summed E-state index contributed by atoms with van der Waals surface area (Å²) in [6, 6.07) is 0. The monoisotopic (exact) mass is 198 g/mol. The molecule has 0 bridgehead atoms. The predicted octanol–water partition coefficient (Wildman–Crippen LogP) is 0.940. The van der Waals surface area contributed by atoms with Crippen molar-refractivity contribution in [2.45, 2.75) is 38.1 Å². The fraction of sp³-hybridized carbons (Fsp3) is 0.778. The van der Waals surface area contributed by atoms with E-state index in [0.717, 1.165) is 25.7 Å². The van der Waals surface area contributed by atoms with Gasteiger partial charge < -0.3 is 10.6 Å². The van der Waals surface area contributed by atoms with Crippen LogP contribution in [0, 0.1) is 5.92 Å². The predicted molar refractivity (Wildman–Crippen MR) is 54.2 cm³/mol. The van der Waals surface area contributed by atoms with Gasteiger partial charge in [0.25, 0.3) is 5.91 Å². The van der Waals surface area contributed by atoms with Crippen LogP contribution >= 0.6 is 12.2 Å². The minimum Gasteiger partial charge on any atom is -0.348 e. The number of carbonyl (C=O) groups is 1. The third kappa shape index (κ3) is 1.33. The van der Waals surface area contributed by atoms with Gasteiger partial charge in [-0.15, -0.1) is 0 Å². The lowest BCUT2D eigenvalue weighted by Crippen LogP contribution is -2.44. The van der Waals surface area contributed by atoms with Crippen LogP contribution in [0.5, 0.6) is 0 Å². The number of carbonyl (C=O) groups excluding carboxylic acids is 1. The van der Waals surface area contributed by atoms with Gasteiger partial charge in [0.15, 0.2) is 5.11 Å². The van der Waals surface area contributed by atoms with E-state index in [1.54, 1.807) is 0 Å². The van der Waals surface area contributed by atoms with Gasteiger partial charge in [-0.25, -0.2) is 0 Å². The van der Waals surface area contributed by atoms with E-state index in [-0.39, 0.29) is 11.4 Å². The van der Waals surface area contributed by atoms with E-state index in [1.807, 2.05) is 0 Å². The molecule has 4 heteroatoms. The molecule has 1 heterocycles. The molecule has 1 aliphatic carbocycles. The summed E-state index contributed by atoms with van der Waals surface area (Å²) in [6.07, 6.45) is 4.16. The zero-order valence-corrected chi connectivity index (χ0v) is 8.54. The summed E-state index contributed by atoms with van der Waals surface area (Å²) in [4.78, 5) is 11.6. The van der Waals surface area contributed by atoms with Crippen LogP contribution in [0.3, 0.4) is 0 Å². The molecule has 3 nitrogen and oxygen atoms in total.